The molecule has 6 unspecified atom stereocenters. The molecule has 6 heteroatoms. The van der Waals surface area contributed by atoms with Gasteiger partial charge in [0.2, 0.25) is 0 Å². The van der Waals surface area contributed by atoms with Crippen LogP contribution in [0.3, 0.4) is 0 Å². The lowest BCUT2D eigenvalue weighted by Gasteiger charge is -2.27. The van der Waals surface area contributed by atoms with Crippen molar-refractivity contribution < 1.29 is 29.9 Å². The van der Waals surface area contributed by atoms with E-state index in [0.717, 1.165) is 0 Å². The highest BCUT2D eigenvalue weighted by Gasteiger charge is 2.40. The predicted octanol–water partition coefficient (Wildman–Crippen LogP) is -1.21. The van der Waals surface area contributed by atoms with E-state index in [-0.39, 0.29) is 25.4 Å². The number of aliphatic hydroxyl groups excluding tert-OH is 4. The highest BCUT2D eigenvalue weighted by Crippen LogP contribution is 2.28. The molecule has 0 aliphatic carbocycles. The minimum atomic E-state index is -1.01. The number of ether oxygens (including phenoxy) is 2. The minimum absolute atomic E-state index is 0.0637. The van der Waals surface area contributed by atoms with Crippen molar-refractivity contribution in [2.45, 2.75) is 62.3 Å². The fourth-order valence-electron chi connectivity index (χ4n) is 2.68. The van der Waals surface area contributed by atoms with Gasteiger partial charge in [0.05, 0.1) is 37.6 Å². The van der Waals surface area contributed by atoms with Gasteiger partial charge in [-0.2, -0.15) is 0 Å². The van der Waals surface area contributed by atoms with Crippen LogP contribution in [0.1, 0.15) is 25.7 Å². The maximum Gasteiger partial charge on any atom is 0.109 e. The molecule has 0 bridgehead atoms. The molecule has 6 atom stereocenters. The Kier molecular flexibility index (Phi) is 4.94. The Bertz CT molecular complexity index is 235. The van der Waals surface area contributed by atoms with E-state index in [4.69, 9.17) is 19.7 Å². The fourth-order valence-corrected chi connectivity index (χ4v) is 2.68. The summed E-state index contributed by atoms with van der Waals surface area (Å²) >= 11 is 0. The molecule has 2 rings (SSSR count). The summed E-state index contributed by atoms with van der Waals surface area (Å²) in [6.07, 6.45) is -0.779. The van der Waals surface area contributed by atoms with Crippen molar-refractivity contribution in [3.63, 3.8) is 0 Å². The molecular formula is C12H22O6. The van der Waals surface area contributed by atoms with Crippen molar-refractivity contribution in [2.75, 3.05) is 13.2 Å². The van der Waals surface area contributed by atoms with E-state index in [1.54, 1.807) is 0 Å². The van der Waals surface area contributed by atoms with Crippen molar-refractivity contribution in [3.8, 4) is 0 Å². The molecule has 0 amide bonds. The first kappa shape index (κ1) is 14.2. The summed E-state index contributed by atoms with van der Waals surface area (Å²) in [6, 6.07) is 0. The van der Waals surface area contributed by atoms with Gasteiger partial charge >= 0.3 is 0 Å². The molecule has 2 heterocycles. The fraction of sp³-hybridized carbons (Fsp3) is 1.00. The second-order valence-corrected chi connectivity index (χ2v) is 5.09. The zero-order chi connectivity index (χ0) is 13.1. The summed E-state index contributed by atoms with van der Waals surface area (Å²) in [5, 5.41) is 38.0. The molecule has 4 N–H and O–H groups in total. The van der Waals surface area contributed by atoms with Gasteiger partial charge in [-0.3, -0.25) is 0 Å². The second-order valence-electron chi connectivity index (χ2n) is 5.09. The van der Waals surface area contributed by atoms with E-state index in [0.29, 0.717) is 25.7 Å². The van der Waals surface area contributed by atoms with Crippen LogP contribution in [0.15, 0.2) is 0 Å². The van der Waals surface area contributed by atoms with Crippen molar-refractivity contribution in [3.05, 3.63) is 0 Å². The average molecular weight is 262 g/mol. The number of hydrogen-bond donors (Lipinski definition) is 4. The summed E-state index contributed by atoms with van der Waals surface area (Å²) in [5.74, 6) is 0. The van der Waals surface area contributed by atoms with E-state index in [9.17, 15) is 10.2 Å². The van der Waals surface area contributed by atoms with Crippen LogP contribution in [0.4, 0.5) is 0 Å². The minimum Gasteiger partial charge on any atom is -0.394 e. The van der Waals surface area contributed by atoms with Gasteiger partial charge in [-0.15, -0.1) is 0 Å². The summed E-state index contributed by atoms with van der Waals surface area (Å²) in [6.45, 7) is -0.127. The molecule has 6 nitrogen and oxygen atoms in total. The lowest BCUT2D eigenvalue weighted by atomic mass is 9.99. The van der Waals surface area contributed by atoms with Crippen LogP contribution in [0, 0.1) is 0 Å². The first-order valence-corrected chi connectivity index (χ1v) is 6.54. The second kappa shape index (κ2) is 6.27. The Morgan fingerprint density at radius 3 is 1.44 bits per heavy atom. The van der Waals surface area contributed by atoms with Crippen LogP contribution in [-0.4, -0.2) is 70.3 Å². The topological polar surface area (TPSA) is 99.4 Å². The Labute approximate surface area is 106 Å². The van der Waals surface area contributed by atoms with Gasteiger partial charge in [-0.05, 0) is 25.7 Å². The molecule has 0 radical (unpaired) electrons. The Balaban J connectivity index is 1.83. The van der Waals surface area contributed by atoms with Gasteiger partial charge in [0.1, 0.15) is 12.2 Å². The van der Waals surface area contributed by atoms with Crippen molar-refractivity contribution in [1.29, 1.82) is 0 Å². The quantitative estimate of drug-likeness (QED) is 0.496. The van der Waals surface area contributed by atoms with Crippen molar-refractivity contribution in [1.82, 2.24) is 0 Å². The average Bonchev–Trinajstić information content (AvgIpc) is 3.05. The zero-order valence-electron chi connectivity index (χ0n) is 10.3. The molecule has 2 fully saturated rings. The van der Waals surface area contributed by atoms with Gasteiger partial charge in [0.15, 0.2) is 0 Å². The summed E-state index contributed by atoms with van der Waals surface area (Å²) in [4.78, 5) is 0. The first-order chi connectivity index (χ1) is 8.65. The largest absolute Gasteiger partial charge is 0.394 e. The van der Waals surface area contributed by atoms with E-state index in [2.05, 4.69) is 0 Å². The summed E-state index contributed by atoms with van der Waals surface area (Å²) in [7, 11) is 0. The van der Waals surface area contributed by atoms with Crippen LogP contribution in [0.2, 0.25) is 0 Å². The summed E-state index contributed by atoms with van der Waals surface area (Å²) < 4.78 is 10.9. The van der Waals surface area contributed by atoms with Gasteiger partial charge in [-0.25, -0.2) is 0 Å². The maximum absolute atomic E-state index is 10.1. The summed E-state index contributed by atoms with van der Waals surface area (Å²) in [5.41, 5.74) is 0. The number of rotatable bonds is 5. The third kappa shape index (κ3) is 3.01. The van der Waals surface area contributed by atoms with Crippen LogP contribution < -0.4 is 0 Å². The van der Waals surface area contributed by atoms with Crippen LogP contribution in [0.5, 0.6) is 0 Å². The Hall–Kier alpha value is -0.240. The Morgan fingerprint density at radius 2 is 1.17 bits per heavy atom. The molecule has 2 saturated heterocycles. The number of hydrogen-bond acceptors (Lipinski definition) is 6. The molecule has 0 spiro atoms. The van der Waals surface area contributed by atoms with Gasteiger partial charge in [0.25, 0.3) is 0 Å². The van der Waals surface area contributed by atoms with E-state index in [1.807, 2.05) is 0 Å². The van der Waals surface area contributed by atoms with Crippen molar-refractivity contribution >= 4 is 0 Å². The third-order valence-electron chi connectivity index (χ3n) is 3.80. The predicted molar refractivity (Wildman–Crippen MR) is 62.0 cm³/mol. The third-order valence-corrected chi connectivity index (χ3v) is 3.80. The molecular weight excluding hydrogens is 240 g/mol. The zero-order valence-corrected chi connectivity index (χ0v) is 10.3. The lowest BCUT2D eigenvalue weighted by molar-refractivity contribution is -0.136. The molecule has 106 valence electrons. The molecule has 2 aliphatic heterocycles. The Morgan fingerprint density at radius 1 is 0.778 bits per heavy atom. The molecule has 0 aromatic rings. The lowest BCUT2D eigenvalue weighted by Crippen LogP contribution is -2.44. The van der Waals surface area contributed by atoms with Crippen LogP contribution >= 0.6 is 0 Å². The van der Waals surface area contributed by atoms with Crippen molar-refractivity contribution in [2.24, 2.45) is 0 Å². The standard InChI is InChI=1S/C12H22O6/c13-5-7-1-3-9(17-7)11(15)12(16)10-4-2-8(6-14)18-10/h7-16H,1-6H2. The smallest absolute Gasteiger partial charge is 0.109 e. The monoisotopic (exact) mass is 262 g/mol. The van der Waals surface area contributed by atoms with Gasteiger partial charge in [0, 0.05) is 0 Å². The molecule has 0 aromatic carbocycles. The highest BCUT2D eigenvalue weighted by molar-refractivity contribution is 4.89. The van der Waals surface area contributed by atoms with E-state index in [1.165, 1.54) is 0 Å². The normalized spacial score (nSPS) is 40.0. The van der Waals surface area contributed by atoms with Gasteiger partial charge < -0.3 is 29.9 Å². The van der Waals surface area contributed by atoms with E-state index >= 15 is 0 Å². The molecule has 18 heavy (non-hydrogen) atoms. The maximum atomic E-state index is 10.1. The highest BCUT2D eigenvalue weighted by atomic mass is 16.5. The molecule has 0 aromatic heterocycles. The molecule has 0 saturated carbocycles. The van der Waals surface area contributed by atoms with Gasteiger partial charge in [-0.1, -0.05) is 0 Å². The first-order valence-electron chi connectivity index (χ1n) is 6.54. The molecule has 2 aliphatic rings. The SMILES string of the molecule is OCC1CCC(C(O)C(O)C2CCC(CO)O2)O1. The van der Waals surface area contributed by atoms with E-state index < -0.39 is 24.4 Å². The van der Waals surface area contributed by atoms with Crippen LogP contribution in [-0.2, 0) is 9.47 Å². The van der Waals surface area contributed by atoms with Crippen LogP contribution in [0.25, 0.3) is 0 Å². The number of aliphatic hydroxyl groups is 4.